The normalized spacial score (nSPS) is 16.1. The molecule has 1 fully saturated rings. The first-order chi connectivity index (χ1) is 20.6. The van der Waals surface area contributed by atoms with Crippen LogP contribution < -0.4 is 20.9 Å². The standard InChI is InChI=1S/C30H34F3N7O3/c1-2-22-26(35-16-24(29(42)43)39-28(41)20-5-3-7-21(15-20)30(31,32)33)36-17-37-27(22)40-13-10-18(11-14-40)23-9-8-19-6-4-12-34-25(19)38-23/h3,5,7-9,15,17-18,24H,2,4,6,10-14,16H2,1H3,(H,34,38)(H,39,41)(H,42,43)(H,35,36,37). The van der Waals surface area contributed by atoms with Crippen molar-refractivity contribution >= 4 is 29.3 Å². The number of nitrogens with one attached hydrogen (secondary N) is 3. The maximum absolute atomic E-state index is 13.1. The van der Waals surface area contributed by atoms with Gasteiger partial charge in [-0.3, -0.25) is 4.79 Å². The van der Waals surface area contributed by atoms with Gasteiger partial charge < -0.3 is 26.0 Å². The summed E-state index contributed by atoms with van der Waals surface area (Å²) in [6.45, 7) is 4.20. The number of aryl methyl sites for hydroxylation is 1. The van der Waals surface area contributed by atoms with Gasteiger partial charge in [0.15, 0.2) is 0 Å². The zero-order valence-electron chi connectivity index (χ0n) is 23.7. The molecule has 0 saturated carbocycles. The molecule has 10 nitrogen and oxygen atoms in total. The fraction of sp³-hybridized carbons (Fsp3) is 0.433. The molecule has 228 valence electrons. The van der Waals surface area contributed by atoms with Gasteiger partial charge in [-0.05, 0) is 61.9 Å². The third-order valence-electron chi connectivity index (χ3n) is 7.93. The van der Waals surface area contributed by atoms with E-state index in [1.165, 1.54) is 18.0 Å². The molecule has 1 aromatic carbocycles. The number of aliphatic carboxylic acids is 1. The third-order valence-corrected chi connectivity index (χ3v) is 7.93. The minimum Gasteiger partial charge on any atom is -0.480 e. The third kappa shape index (κ3) is 6.98. The van der Waals surface area contributed by atoms with E-state index in [9.17, 15) is 27.9 Å². The molecule has 2 aliphatic heterocycles. The Morgan fingerprint density at radius 3 is 2.67 bits per heavy atom. The maximum atomic E-state index is 13.1. The van der Waals surface area contributed by atoms with Crippen LogP contribution in [0.4, 0.5) is 30.6 Å². The Morgan fingerprint density at radius 2 is 1.95 bits per heavy atom. The highest BCUT2D eigenvalue weighted by Gasteiger charge is 2.31. The number of carboxylic acid groups (broad SMARTS) is 1. The number of carboxylic acids is 1. The number of carbonyl (C=O) groups is 2. The molecule has 1 saturated heterocycles. The first-order valence-electron chi connectivity index (χ1n) is 14.4. The van der Waals surface area contributed by atoms with Crippen molar-refractivity contribution in [1.82, 2.24) is 20.3 Å². The molecule has 0 radical (unpaired) electrons. The lowest BCUT2D eigenvalue weighted by molar-refractivity contribution is -0.139. The molecular weight excluding hydrogens is 563 g/mol. The van der Waals surface area contributed by atoms with Crippen LogP contribution in [-0.4, -0.2) is 64.2 Å². The summed E-state index contributed by atoms with van der Waals surface area (Å²) in [5.74, 6) is 0.276. The average Bonchev–Trinajstić information content (AvgIpc) is 3.02. The van der Waals surface area contributed by atoms with E-state index in [1.807, 2.05) is 6.92 Å². The minimum atomic E-state index is -4.63. The predicted octanol–water partition coefficient (Wildman–Crippen LogP) is 4.49. The number of aromatic nitrogens is 3. The van der Waals surface area contributed by atoms with Crippen LogP contribution in [0.2, 0.25) is 0 Å². The summed E-state index contributed by atoms with van der Waals surface area (Å²) < 4.78 is 39.2. The number of fused-ring (bicyclic) bond motifs is 1. The Morgan fingerprint density at radius 1 is 1.16 bits per heavy atom. The van der Waals surface area contributed by atoms with Crippen LogP contribution >= 0.6 is 0 Å². The summed E-state index contributed by atoms with van der Waals surface area (Å²) >= 11 is 0. The van der Waals surface area contributed by atoms with Gasteiger partial charge in [0, 0.05) is 48.9 Å². The van der Waals surface area contributed by atoms with E-state index in [0.29, 0.717) is 24.2 Å². The molecule has 2 aliphatic rings. The van der Waals surface area contributed by atoms with Gasteiger partial charge in [-0.1, -0.05) is 19.1 Å². The molecule has 0 bridgehead atoms. The SMILES string of the molecule is CCc1c(NCC(NC(=O)c2cccc(C(F)(F)F)c2)C(=O)O)ncnc1N1CCC(c2ccc3c(n2)NCCC3)CC1. The molecule has 1 unspecified atom stereocenters. The number of rotatable bonds is 9. The Labute approximate surface area is 247 Å². The van der Waals surface area contributed by atoms with Crippen molar-refractivity contribution in [1.29, 1.82) is 0 Å². The number of anilines is 3. The summed E-state index contributed by atoms with van der Waals surface area (Å²) in [6.07, 6.45) is 1.34. The maximum Gasteiger partial charge on any atom is 0.416 e. The van der Waals surface area contributed by atoms with Gasteiger partial charge in [-0.25, -0.2) is 19.7 Å². The molecule has 43 heavy (non-hydrogen) atoms. The van der Waals surface area contributed by atoms with Gasteiger partial charge in [-0.15, -0.1) is 0 Å². The first-order valence-corrected chi connectivity index (χ1v) is 14.4. The topological polar surface area (TPSA) is 132 Å². The molecule has 3 aromatic rings. The second-order valence-corrected chi connectivity index (χ2v) is 10.7. The summed E-state index contributed by atoms with van der Waals surface area (Å²) in [7, 11) is 0. The number of carbonyl (C=O) groups excluding carboxylic acids is 1. The molecule has 2 aromatic heterocycles. The van der Waals surface area contributed by atoms with Gasteiger partial charge in [-0.2, -0.15) is 13.2 Å². The lowest BCUT2D eigenvalue weighted by Gasteiger charge is -2.34. The zero-order valence-corrected chi connectivity index (χ0v) is 23.7. The average molecular weight is 598 g/mol. The van der Waals surface area contributed by atoms with Crippen LogP contribution in [-0.2, 0) is 23.8 Å². The molecule has 0 aliphatic carbocycles. The van der Waals surface area contributed by atoms with E-state index in [2.05, 4.69) is 43.0 Å². The summed E-state index contributed by atoms with van der Waals surface area (Å²) in [4.78, 5) is 40.5. The molecular formula is C30H34F3N7O3. The van der Waals surface area contributed by atoms with Crippen molar-refractivity contribution < 1.29 is 27.9 Å². The number of alkyl halides is 3. The Bertz CT molecular complexity index is 1480. The van der Waals surface area contributed by atoms with E-state index >= 15 is 0 Å². The summed E-state index contributed by atoms with van der Waals surface area (Å²) in [6, 6.07) is 6.74. The van der Waals surface area contributed by atoms with Crippen molar-refractivity contribution in [2.75, 3.05) is 41.7 Å². The van der Waals surface area contributed by atoms with Crippen molar-refractivity contribution in [2.45, 2.75) is 57.2 Å². The minimum absolute atomic E-state index is 0.233. The Hall–Kier alpha value is -4.42. The van der Waals surface area contributed by atoms with Gasteiger partial charge in [0.1, 0.15) is 29.8 Å². The number of hydrogen-bond donors (Lipinski definition) is 4. The monoisotopic (exact) mass is 597 g/mol. The number of halogens is 3. The highest BCUT2D eigenvalue weighted by Crippen LogP contribution is 2.33. The number of hydrogen-bond acceptors (Lipinski definition) is 8. The van der Waals surface area contributed by atoms with Crippen LogP contribution in [0, 0.1) is 0 Å². The van der Waals surface area contributed by atoms with E-state index in [4.69, 9.17) is 4.98 Å². The number of pyridine rings is 1. The second-order valence-electron chi connectivity index (χ2n) is 10.7. The highest BCUT2D eigenvalue weighted by molar-refractivity contribution is 5.96. The molecule has 4 heterocycles. The van der Waals surface area contributed by atoms with Gasteiger partial charge >= 0.3 is 12.1 Å². The van der Waals surface area contributed by atoms with Crippen molar-refractivity contribution in [2.24, 2.45) is 0 Å². The van der Waals surface area contributed by atoms with E-state index in [1.54, 1.807) is 0 Å². The van der Waals surface area contributed by atoms with Crippen molar-refractivity contribution in [3.63, 3.8) is 0 Å². The Balaban J connectivity index is 1.23. The number of nitrogens with zero attached hydrogens (tertiary/aromatic N) is 4. The molecule has 5 rings (SSSR count). The molecule has 13 heteroatoms. The van der Waals surface area contributed by atoms with Gasteiger partial charge in [0.2, 0.25) is 0 Å². The van der Waals surface area contributed by atoms with Crippen LogP contribution in [0.3, 0.4) is 0 Å². The molecule has 4 N–H and O–H groups in total. The van der Waals surface area contributed by atoms with Gasteiger partial charge in [0.05, 0.1) is 5.56 Å². The first kappa shape index (κ1) is 30.1. The quantitative estimate of drug-likeness (QED) is 0.282. The number of amides is 1. The van der Waals surface area contributed by atoms with Crippen LogP contribution in [0.15, 0.2) is 42.7 Å². The van der Waals surface area contributed by atoms with Crippen LogP contribution in [0.5, 0.6) is 0 Å². The predicted molar refractivity (Wildman–Crippen MR) is 155 cm³/mol. The molecule has 1 atom stereocenters. The number of piperidine rings is 1. The Kier molecular flexibility index (Phi) is 8.97. The van der Waals surface area contributed by atoms with Crippen molar-refractivity contribution in [3.05, 3.63) is 70.7 Å². The fourth-order valence-corrected chi connectivity index (χ4v) is 5.59. The van der Waals surface area contributed by atoms with Crippen molar-refractivity contribution in [3.8, 4) is 0 Å². The van der Waals surface area contributed by atoms with E-state index in [0.717, 1.165) is 80.3 Å². The summed E-state index contributed by atoms with van der Waals surface area (Å²) in [5, 5.41) is 18.4. The molecule has 0 spiro atoms. The van der Waals surface area contributed by atoms with Gasteiger partial charge in [0.25, 0.3) is 5.91 Å². The fourth-order valence-electron chi connectivity index (χ4n) is 5.59. The largest absolute Gasteiger partial charge is 0.480 e. The van der Waals surface area contributed by atoms with E-state index < -0.39 is 29.7 Å². The number of benzene rings is 1. The molecule has 1 amide bonds. The highest BCUT2D eigenvalue weighted by atomic mass is 19.4. The van der Waals surface area contributed by atoms with E-state index in [-0.39, 0.29) is 12.1 Å². The second kappa shape index (κ2) is 12.8. The zero-order chi connectivity index (χ0) is 30.6. The van der Waals surface area contributed by atoms with Crippen LogP contribution in [0.25, 0.3) is 0 Å². The lowest BCUT2D eigenvalue weighted by atomic mass is 9.92. The lowest BCUT2D eigenvalue weighted by Crippen LogP contribution is -2.45. The summed E-state index contributed by atoms with van der Waals surface area (Å²) in [5.41, 5.74) is 1.89. The smallest absolute Gasteiger partial charge is 0.416 e. The van der Waals surface area contributed by atoms with Crippen LogP contribution in [0.1, 0.15) is 64.8 Å².